The van der Waals surface area contributed by atoms with Gasteiger partial charge in [0.05, 0.1) is 0 Å². The Morgan fingerprint density at radius 2 is 1.74 bits per heavy atom. The highest BCUT2D eigenvalue weighted by Crippen LogP contribution is 2.29. The average Bonchev–Trinajstić information content (AvgIpc) is 2.93. The Balaban J connectivity index is 2.12. The number of carbonyl (C=O) groups excluding carboxylic acids is 1. The summed E-state index contributed by atoms with van der Waals surface area (Å²) in [6.07, 6.45) is 5.40. The molecule has 0 aliphatic carbocycles. The van der Waals surface area contributed by atoms with Gasteiger partial charge in [-0.05, 0) is 46.2 Å². The van der Waals surface area contributed by atoms with Crippen molar-refractivity contribution in [3.8, 4) is 0 Å². The van der Waals surface area contributed by atoms with Gasteiger partial charge in [0.2, 0.25) is 5.91 Å². The lowest BCUT2D eigenvalue weighted by Gasteiger charge is -2.34. The number of amides is 1. The molecule has 0 spiro atoms. The largest absolute Gasteiger partial charge is 0.337 e. The van der Waals surface area contributed by atoms with E-state index in [1.54, 1.807) is 0 Å². The standard InChI is InChI=1S/C13H24N2O3S/c1-10(19(3,17)18)13(16)15-9-5-7-12(15)11-6-4-8-14(11)2/h10-12H,4-9H2,1-3H3. The maximum atomic E-state index is 12.4. The molecule has 19 heavy (non-hydrogen) atoms. The monoisotopic (exact) mass is 288 g/mol. The third kappa shape index (κ3) is 2.94. The predicted octanol–water partition coefficient (Wildman–Crippen LogP) is 0.505. The van der Waals surface area contributed by atoms with Crippen LogP contribution in [0.2, 0.25) is 0 Å². The third-order valence-electron chi connectivity index (χ3n) is 4.59. The summed E-state index contributed by atoms with van der Waals surface area (Å²) in [5.41, 5.74) is 0. The van der Waals surface area contributed by atoms with Crippen molar-refractivity contribution in [2.24, 2.45) is 0 Å². The molecule has 0 aromatic carbocycles. The molecular formula is C13H24N2O3S. The summed E-state index contributed by atoms with van der Waals surface area (Å²) in [5.74, 6) is -0.217. The fraction of sp³-hybridized carbons (Fsp3) is 0.923. The van der Waals surface area contributed by atoms with E-state index in [1.807, 2.05) is 4.90 Å². The molecule has 0 saturated carbocycles. The molecule has 2 aliphatic rings. The molecule has 6 heteroatoms. The summed E-state index contributed by atoms with van der Waals surface area (Å²) in [7, 11) is -1.21. The summed E-state index contributed by atoms with van der Waals surface area (Å²) < 4.78 is 23.1. The van der Waals surface area contributed by atoms with Crippen molar-refractivity contribution in [2.45, 2.75) is 49.9 Å². The fourth-order valence-electron chi connectivity index (χ4n) is 3.30. The van der Waals surface area contributed by atoms with Gasteiger partial charge in [0, 0.05) is 24.9 Å². The smallest absolute Gasteiger partial charge is 0.240 e. The minimum absolute atomic E-state index is 0.198. The van der Waals surface area contributed by atoms with Crippen LogP contribution in [-0.2, 0) is 14.6 Å². The van der Waals surface area contributed by atoms with E-state index in [4.69, 9.17) is 0 Å². The Kier molecular flexibility index (Phi) is 4.20. The average molecular weight is 288 g/mol. The molecule has 5 nitrogen and oxygen atoms in total. The van der Waals surface area contributed by atoms with Gasteiger partial charge in [-0.1, -0.05) is 0 Å². The highest BCUT2D eigenvalue weighted by molar-refractivity contribution is 7.92. The normalized spacial score (nSPS) is 30.8. The van der Waals surface area contributed by atoms with Gasteiger partial charge in [0.25, 0.3) is 0 Å². The summed E-state index contributed by atoms with van der Waals surface area (Å²) >= 11 is 0. The van der Waals surface area contributed by atoms with Gasteiger partial charge in [0.1, 0.15) is 5.25 Å². The summed E-state index contributed by atoms with van der Waals surface area (Å²) in [6, 6.07) is 0.599. The fourth-order valence-corrected chi connectivity index (χ4v) is 3.81. The molecule has 2 heterocycles. The van der Waals surface area contributed by atoms with Crippen molar-refractivity contribution in [1.82, 2.24) is 9.80 Å². The van der Waals surface area contributed by atoms with E-state index in [-0.39, 0.29) is 11.9 Å². The first-order valence-corrected chi connectivity index (χ1v) is 8.97. The Bertz CT molecular complexity index is 449. The topological polar surface area (TPSA) is 57.7 Å². The summed E-state index contributed by atoms with van der Waals surface area (Å²) in [6.45, 7) is 3.28. The highest BCUT2D eigenvalue weighted by atomic mass is 32.2. The first kappa shape index (κ1) is 14.8. The van der Waals surface area contributed by atoms with Gasteiger partial charge in [-0.25, -0.2) is 8.42 Å². The van der Waals surface area contributed by atoms with Crippen LogP contribution in [0.5, 0.6) is 0 Å². The first-order valence-electron chi connectivity index (χ1n) is 7.02. The molecular weight excluding hydrogens is 264 g/mol. The number of hydrogen-bond donors (Lipinski definition) is 0. The van der Waals surface area contributed by atoms with E-state index in [1.165, 1.54) is 13.3 Å². The number of sulfone groups is 1. The van der Waals surface area contributed by atoms with Gasteiger partial charge in [0.15, 0.2) is 9.84 Å². The van der Waals surface area contributed by atoms with Crippen LogP contribution in [0, 0.1) is 0 Å². The number of likely N-dealkylation sites (N-methyl/N-ethyl adjacent to an activating group) is 1. The zero-order chi connectivity index (χ0) is 14.2. The minimum atomic E-state index is -3.30. The van der Waals surface area contributed by atoms with Crippen LogP contribution < -0.4 is 0 Å². The second-order valence-electron chi connectivity index (χ2n) is 5.90. The quantitative estimate of drug-likeness (QED) is 0.759. The lowest BCUT2D eigenvalue weighted by atomic mass is 10.0. The maximum Gasteiger partial charge on any atom is 0.240 e. The van der Waals surface area contributed by atoms with Crippen LogP contribution in [0.1, 0.15) is 32.6 Å². The van der Waals surface area contributed by atoms with Crippen molar-refractivity contribution < 1.29 is 13.2 Å². The number of nitrogens with zero attached hydrogens (tertiary/aromatic N) is 2. The lowest BCUT2D eigenvalue weighted by molar-refractivity contribution is -0.132. The SMILES string of the molecule is CC(C(=O)N1CCCC1C1CCCN1C)S(C)(=O)=O. The van der Waals surface area contributed by atoms with Gasteiger partial charge in [-0.2, -0.15) is 0 Å². The Morgan fingerprint density at radius 3 is 2.26 bits per heavy atom. The third-order valence-corrected chi connectivity index (χ3v) is 6.08. The second-order valence-corrected chi connectivity index (χ2v) is 8.27. The van der Waals surface area contributed by atoms with Crippen molar-refractivity contribution in [3.63, 3.8) is 0 Å². The zero-order valence-electron chi connectivity index (χ0n) is 12.0. The molecule has 110 valence electrons. The van der Waals surface area contributed by atoms with Crippen LogP contribution in [0.4, 0.5) is 0 Å². The van der Waals surface area contributed by atoms with Crippen LogP contribution in [-0.4, -0.2) is 67.9 Å². The van der Waals surface area contributed by atoms with E-state index in [9.17, 15) is 13.2 Å². The molecule has 2 aliphatic heterocycles. The van der Waals surface area contributed by atoms with Crippen molar-refractivity contribution in [1.29, 1.82) is 0 Å². The summed E-state index contributed by atoms with van der Waals surface area (Å²) in [5, 5.41) is -0.917. The number of rotatable bonds is 3. The second kappa shape index (κ2) is 5.40. The maximum absolute atomic E-state index is 12.4. The van der Waals surface area contributed by atoms with Gasteiger partial charge in [-0.15, -0.1) is 0 Å². The van der Waals surface area contributed by atoms with E-state index in [0.717, 1.165) is 32.1 Å². The molecule has 2 rings (SSSR count). The van der Waals surface area contributed by atoms with Crippen LogP contribution >= 0.6 is 0 Å². The molecule has 2 saturated heterocycles. The number of likely N-dealkylation sites (tertiary alicyclic amines) is 2. The zero-order valence-corrected chi connectivity index (χ0v) is 12.8. The minimum Gasteiger partial charge on any atom is -0.337 e. The molecule has 2 fully saturated rings. The lowest BCUT2D eigenvalue weighted by Crippen LogP contribution is -2.50. The molecule has 0 N–H and O–H groups in total. The summed E-state index contributed by atoms with van der Waals surface area (Å²) in [4.78, 5) is 16.5. The molecule has 0 radical (unpaired) electrons. The highest BCUT2D eigenvalue weighted by Gasteiger charge is 2.41. The van der Waals surface area contributed by atoms with E-state index in [2.05, 4.69) is 11.9 Å². The molecule has 1 amide bonds. The Labute approximate surface area is 115 Å². The molecule has 3 atom stereocenters. The van der Waals surface area contributed by atoms with Crippen LogP contribution in [0.15, 0.2) is 0 Å². The van der Waals surface area contributed by atoms with E-state index >= 15 is 0 Å². The van der Waals surface area contributed by atoms with Crippen LogP contribution in [0.25, 0.3) is 0 Å². The van der Waals surface area contributed by atoms with Gasteiger partial charge >= 0.3 is 0 Å². The van der Waals surface area contributed by atoms with E-state index in [0.29, 0.717) is 12.6 Å². The predicted molar refractivity (Wildman–Crippen MR) is 74.7 cm³/mol. The van der Waals surface area contributed by atoms with Gasteiger partial charge < -0.3 is 9.80 Å². The van der Waals surface area contributed by atoms with Crippen LogP contribution in [0.3, 0.4) is 0 Å². The molecule has 0 aromatic heterocycles. The molecule has 0 bridgehead atoms. The van der Waals surface area contributed by atoms with Crippen molar-refractivity contribution in [2.75, 3.05) is 26.4 Å². The molecule has 0 aromatic rings. The molecule has 3 unspecified atom stereocenters. The Morgan fingerprint density at radius 1 is 1.16 bits per heavy atom. The van der Waals surface area contributed by atoms with E-state index < -0.39 is 15.1 Å². The van der Waals surface area contributed by atoms with Crippen molar-refractivity contribution >= 4 is 15.7 Å². The first-order chi connectivity index (χ1) is 8.82. The number of hydrogen-bond acceptors (Lipinski definition) is 4. The number of carbonyl (C=O) groups is 1. The van der Waals surface area contributed by atoms with Crippen molar-refractivity contribution in [3.05, 3.63) is 0 Å². The van der Waals surface area contributed by atoms with Gasteiger partial charge in [-0.3, -0.25) is 4.79 Å². The Hall–Kier alpha value is -0.620.